The van der Waals surface area contributed by atoms with E-state index >= 15 is 0 Å². The predicted octanol–water partition coefficient (Wildman–Crippen LogP) is 4.12. The van der Waals surface area contributed by atoms with Crippen LogP contribution in [0.2, 0.25) is 0 Å². The zero-order valence-electron chi connectivity index (χ0n) is 11.2. The molecule has 2 aromatic heterocycles. The molecule has 1 N–H and O–H groups in total. The van der Waals surface area contributed by atoms with Crippen LogP contribution < -0.4 is 0 Å². The summed E-state index contributed by atoms with van der Waals surface area (Å²) >= 11 is 7.32. The lowest BCUT2D eigenvalue weighted by molar-refractivity contribution is 0.555. The van der Waals surface area contributed by atoms with Crippen LogP contribution in [-0.2, 0) is 13.1 Å². The lowest BCUT2D eigenvalue weighted by Crippen LogP contribution is -2.01. The first-order chi connectivity index (χ1) is 10.1. The van der Waals surface area contributed by atoms with E-state index in [0.29, 0.717) is 8.34 Å². The van der Waals surface area contributed by atoms with Crippen molar-refractivity contribution in [3.8, 4) is 0 Å². The molecule has 7 heteroatoms. The van der Waals surface area contributed by atoms with Crippen molar-refractivity contribution >= 4 is 45.8 Å². The highest BCUT2D eigenvalue weighted by molar-refractivity contribution is 14.1. The van der Waals surface area contributed by atoms with Crippen molar-refractivity contribution in [2.75, 3.05) is 0 Å². The molecule has 0 aliphatic heterocycles. The fraction of sp³-hybridized carbons (Fsp3) is 0.286. The Morgan fingerprint density at radius 1 is 1.29 bits per heavy atom. The van der Waals surface area contributed by atoms with Crippen molar-refractivity contribution < 1.29 is 4.39 Å². The van der Waals surface area contributed by atoms with Gasteiger partial charge in [0.2, 0.25) is 0 Å². The number of imidazole rings is 2. The molecule has 0 spiro atoms. The first-order valence-corrected chi connectivity index (χ1v) is 8.17. The minimum atomic E-state index is -0.204. The Morgan fingerprint density at radius 2 is 2.10 bits per heavy atom. The fourth-order valence-corrected chi connectivity index (χ4v) is 3.12. The number of nitrogens with one attached hydrogen (secondary N) is 1. The van der Waals surface area contributed by atoms with E-state index in [-0.39, 0.29) is 5.82 Å². The van der Waals surface area contributed by atoms with E-state index in [9.17, 15) is 4.39 Å². The van der Waals surface area contributed by atoms with Gasteiger partial charge in [0.05, 0.1) is 20.9 Å². The Balaban J connectivity index is 1.73. The summed E-state index contributed by atoms with van der Waals surface area (Å²) in [5.74, 6) is -0.204. The number of H-pyrrole nitrogens is 1. The molecule has 21 heavy (non-hydrogen) atoms. The lowest BCUT2D eigenvalue weighted by Gasteiger charge is -2.06. The van der Waals surface area contributed by atoms with E-state index < -0.39 is 0 Å². The molecule has 0 saturated heterocycles. The summed E-state index contributed by atoms with van der Waals surface area (Å²) in [5, 5.41) is 0. The number of nitrogens with zero attached hydrogens (tertiary/aromatic N) is 3. The highest BCUT2D eigenvalue weighted by Crippen LogP contribution is 2.21. The molecule has 0 aliphatic rings. The van der Waals surface area contributed by atoms with Crippen LogP contribution in [0.3, 0.4) is 0 Å². The van der Waals surface area contributed by atoms with Crippen molar-refractivity contribution in [1.82, 2.24) is 19.1 Å². The first-order valence-electron chi connectivity index (χ1n) is 6.68. The minimum Gasteiger partial charge on any atom is -0.337 e. The summed E-state index contributed by atoms with van der Waals surface area (Å²) in [7, 11) is 0. The quantitative estimate of drug-likeness (QED) is 0.386. The normalized spacial score (nSPS) is 11.3. The van der Waals surface area contributed by atoms with Gasteiger partial charge in [-0.1, -0.05) is 0 Å². The molecule has 0 radical (unpaired) electrons. The third-order valence-electron chi connectivity index (χ3n) is 3.42. The van der Waals surface area contributed by atoms with Crippen LogP contribution in [0.1, 0.15) is 12.8 Å². The summed E-state index contributed by atoms with van der Waals surface area (Å²) in [6.07, 6.45) is 7.55. The van der Waals surface area contributed by atoms with Crippen LogP contribution in [0.4, 0.5) is 4.39 Å². The van der Waals surface area contributed by atoms with Crippen LogP contribution in [-0.4, -0.2) is 19.1 Å². The maximum atomic E-state index is 13.7. The van der Waals surface area contributed by atoms with Gasteiger partial charge in [-0.2, -0.15) is 0 Å². The number of fused-ring (bicyclic) bond motifs is 1. The van der Waals surface area contributed by atoms with Crippen LogP contribution in [0.5, 0.6) is 0 Å². The molecule has 0 atom stereocenters. The number of benzene rings is 1. The average Bonchev–Trinajstić information content (AvgIpc) is 3.05. The van der Waals surface area contributed by atoms with E-state index in [0.717, 1.165) is 37.0 Å². The molecule has 0 fully saturated rings. The molecular formula is C14H14FIN4S. The topological polar surface area (TPSA) is 38.5 Å². The predicted molar refractivity (Wildman–Crippen MR) is 91.3 cm³/mol. The molecule has 2 heterocycles. The van der Waals surface area contributed by atoms with Gasteiger partial charge in [0.25, 0.3) is 0 Å². The Labute approximate surface area is 140 Å². The van der Waals surface area contributed by atoms with E-state index in [2.05, 4.69) is 14.5 Å². The fourth-order valence-electron chi connectivity index (χ4n) is 2.36. The Bertz CT molecular complexity index is 806. The van der Waals surface area contributed by atoms with Crippen molar-refractivity contribution in [2.24, 2.45) is 0 Å². The SMILES string of the molecule is Fc1cc2c(cc1I)[nH]c(=S)n2CCCCn1ccnc1. The van der Waals surface area contributed by atoms with Gasteiger partial charge in [-0.25, -0.2) is 9.37 Å². The maximum Gasteiger partial charge on any atom is 0.178 e. The third kappa shape index (κ3) is 3.18. The zero-order chi connectivity index (χ0) is 14.8. The summed E-state index contributed by atoms with van der Waals surface area (Å²) in [5.41, 5.74) is 1.72. The maximum absolute atomic E-state index is 13.7. The second-order valence-corrected chi connectivity index (χ2v) is 6.42. The molecule has 1 aromatic carbocycles. The third-order valence-corrected chi connectivity index (χ3v) is 4.57. The van der Waals surface area contributed by atoms with Crippen LogP contribution in [0.25, 0.3) is 11.0 Å². The monoisotopic (exact) mass is 416 g/mol. The van der Waals surface area contributed by atoms with Gasteiger partial charge >= 0.3 is 0 Å². The smallest absolute Gasteiger partial charge is 0.178 e. The van der Waals surface area contributed by atoms with Crippen molar-refractivity contribution in [2.45, 2.75) is 25.9 Å². The number of hydrogen-bond donors (Lipinski definition) is 1. The van der Waals surface area contributed by atoms with Crippen LogP contribution in [0, 0.1) is 14.2 Å². The molecule has 0 aliphatic carbocycles. The van der Waals surface area contributed by atoms with Crippen LogP contribution in [0.15, 0.2) is 30.9 Å². The summed E-state index contributed by atoms with van der Waals surface area (Å²) < 4.78 is 19.0. The number of unbranched alkanes of at least 4 members (excludes halogenated alkanes) is 1. The summed E-state index contributed by atoms with van der Waals surface area (Å²) in [6.45, 7) is 1.72. The van der Waals surface area contributed by atoms with Gasteiger partial charge in [0.15, 0.2) is 4.77 Å². The highest BCUT2D eigenvalue weighted by Gasteiger charge is 2.08. The number of hydrogen-bond acceptors (Lipinski definition) is 2. The standard InChI is InChI=1S/C14H14FIN4S/c15-10-7-13-12(8-11(10)16)18-14(21)20(13)5-2-1-4-19-6-3-17-9-19/h3,6-9H,1-2,4-5H2,(H,18,21). The molecule has 4 nitrogen and oxygen atoms in total. The zero-order valence-corrected chi connectivity index (χ0v) is 14.2. The van der Waals surface area contributed by atoms with Crippen molar-refractivity contribution in [3.63, 3.8) is 0 Å². The van der Waals surface area contributed by atoms with Crippen molar-refractivity contribution in [3.05, 3.63) is 45.0 Å². The number of halogens is 2. The number of aromatic amines is 1. The molecule has 0 unspecified atom stereocenters. The molecular weight excluding hydrogens is 402 g/mol. The number of aryl methyl sites for hydroxylation is 2. The van der Waals surface area contributed by atoms with Crippen LogP contribution >= 0.6 is 34.8 Å². The Morgan fingerprint density at radius 3 is 2.86 bits per heavy atom. The summed E-state index contributed by atoms with van der Waals surface area (Å²) in [6, 6.07) is 3.35. The first kappa shape index (κ1) is 14.7. The number of rotatable bonds is 5. The molecule has 3 aromatic rings. The molecule has 0 amide bonds. The van der Waals surface area contributed by atoms with Gasteiger partial charge < -0.3 is 14.1 Å². The average molecular weight is 416 g/mol. The second-order valence-electron chi connectivity index (χ2n) is 4.87. The van der Waals surface area contributed by atoms with Gasteiger partial charge in [-0.05, 0) is 53.7 Å². The Hall–Kier alpha value is -1.22. The minimum absolute atomic E-state index is 0.204. The number of aromatic nitrogens is 4. The molecule has 110 valence electrons. The van der Waals surface area contributed by atoms with E-state index in [4.69, 9.17) is 12.2 Å². The highest BCUT2D eigenvalue weighted by atomic mass is 127. The molecule has 3 rings (SSSR count). The van der Waals surface area contributed by atoms with Crippen molar-refractivity contribution in [1.29, 1.82) is 0 Å². The van der Waals surface area contributed by atoms with E-state index in [1.165, 1.54) is 0 Å². The van der Waals surface area contributed by atoms with E-state index in [1.54, 1.807) is 18.3 Å². The molecule has 0 saturated carbocycles. The van der Waals surface area contributed by atoms with E-state index in [1.807, 2.05) is 39.7 Å². The lowest BCUT2D eigenvalue weighted by atomic mass is 10.2. The van der Waals surface area contributed by atoms with Gasteiger partial charge in [0.1, 0.15) is 5.82 Å². The second kappa shape index (κ2) is 6.27. The van der Waals surface area contributed by atoms with Gasteiger partial charge in [-0.15, -0.1) is 0 Å². The molecule has 0 bridgehead atoms. The Kier molecular flexibility index (Phi) is 4.39. The summed E-state index contributed by atoms with van der Waals surface area (Å²) in [4.78, 5) is 7.16. The largest absolute Gasteiger partial charge is 0.337 e. The van der Waals surface area contributed by atoms with Gasteiger partial charge in [0, 0.05) is 31.5 Å². The van der Waals surface area contributed by atoms with Gasteiger partial charge in [-0.3, -0.25) is 0 Å².